The van der Waals surface area contributed by atoms with E-state index in [4.69, 9.17) is 4.74 Å². The molecule has 1 heterocycles. The third-order valence-electron chi connectivity index (χ3n) is 4.99. The fourth-order valence-electron chi connectivity index (χ4n) is 3.25. The standard InChI is InChI=1S/C26H24N4O3S/c1-18-11-13-22(14-12-18)30-24(16-33-23-9-4-3-5-10-23)28-29-26(30)34-17-25(32)27-21-8-6-7-20(15-21)19(2)31/h3-15H,16-17H2,1-2H3,(H,27,32). The van der Waals surface area contributed by atoms with Gasteiger partial charge in [-0.25, -0.2) is 0 Å². The quantitative estimate of drug-likeness (QED) is 0.270. The summed E-state index contributed by atoms with van der Waals surface area (Å²) >= 11 is 1.28. The summed E-state index contributed by atoms with van der Waals surface area (Å²) in [4.78, 5) is 24.2. The van der Waals surface area contributed by atoms with E-state index in [0.717, 1.165) is 17.0 Å². The summed E-state index contributed by atoms with van der Waals surface area (Å²) in [6, 6.07) is 24.4. The topological polar surface area (TPSA) is 86.1 Å². The summed E-state index contributed by atoms with van der Waals surface area (Å²) in [5.41, 5.74) is 3.16. The number of hydrogen-bond acceptors (Lipinski definition) is 6. The van der Waals surface area contributed by atoms with Crippen molar-refractivity contribution in [2.45, 2.75) is 25.6 Å². The van der Waals surface area contributed by atoms with E-state index in [1.807, 2.05) is 66.1 Å². The second-order valence-electron chi connectivity index (χ2n) is 7.65. The highest BCUT2D eigenvalue weighted by atomic mass is 32.2. The second-order valence-corrected chi connectivity index (χ2v) is 8.59. The van der Waals surface area contributed by atoms with Gasteiger partial charge in [0.25, 0.3) is 0 Å². The summed E-state index contributed by atoms with van der Waals surface area (Å²) in [5, 5.41) is 12.1. The number of ketones is 1. The fourth-order valence-corrected chi connectivity index (χ4v) is 4.02. The normalized spacial score (nSPS) is 10.6. The molecule has 0 saturated carbocycles. The monoisotopic (exact) mass is 472 g/mol. The number of Topliss-reactive ketones (excluding diaryl/α,β-unsaturated/α-hetero) is 1. The molecule has 8 heteroatoms. The van der Waals surface area contributed by atoms with Gasteiger partial charge >= 0.3 is 0 Å². The lowest BCUT2D eigenvalue weighted by atomic mass is 10.1. The van der Waals surface area contributed by atoms with Gasteiger partial charge in [-0.1, -0.05) is 59.8 Å². The molecule has 0 spiro atoms. The van der Waals surface area contributed by atoms with Crippen molar-refractivity contribution >= 4 is 29.1 Å². The molecule has 0 fully saturated rings. The van der Waals surface area contributed by atoms with E-state index in [-0.39, 0.29) is 24.1 Å². The zero-order chi connectivity index (χ0) is 23.9. The molecule has 0 atom stereocenters. The number of nitrogens with one attached hydrogen (secondary N) is 1. The number of amides is 1. The van der Waals surface area contributed by atoms with Crippen LogP contribution in [0.2, 0.25) is 0 Å². The average molecular weight is 473 g/mol. The van der Waals surface area contributed by atoms with Gasteiger partial charge in [-0.2, -0.15) is 0 Å². The van der Waals surface area contributed by atoms with Crippen molar-refractivity contribution in [3.05, 3.63) is 95.8 Å². The first-order valence-corrected chi connectivity index (χ1v) is 11.7. The molecule has 4 aromatic rings. The van der Waals surface area contributed by atoms with Gasteiger partial charge in [-0.3, -0.25) is 14.2 Å². The Balaban J connectivity index is 1.49. The Bertz CT molecular complexity index is 1290. The molecule has 0 aliphatic carbocycles. The molecule has 34 heavy (non-hydrogen) atoms. The van der Waals surface area contributed by atoms with E-state index < -0.39 is 0 Å². The number of aryl methyl sites for hydroxylation is 1. The van der Waals surface area contributed by atoms with E-state index >= 15 is 0 Å². The number of hydrogen-bond donors (Lipinski definition) is 1. The van der Waals surface area contributed by atoms with Crippen LogP contribution in [0.15, 0.2) is 84.0 Å². The van der Waals surface area contributed by atoms with Gasteiger partial charge in [0.05, 0.1) is 5.75 Å². The van der Waals surface area contributed by atoms with E-state index in [2.05, 4.69) is 15.5 Å². The maximum Gasteiger partial charge on any atom is 0.234 e. The summed E-state index contributed by atoms with van der Waals surface area (Å²) < 4.78 is 7.79. The van der Waals surface area contributed by atoms with Crippen LogP contribution in [0, 0.1) is 6.92 Å². The van der Waals surface area contributed by atoms with E-state index in [0.29, 0.717) is 22.2 Å². The van der Waals surface area contributed by atoms with Crippen molar-refractivity contribution < 1.29 is 14.3 Å². The molecule has 1 amide bonds. The highest BCUT2D eigenvalue weighted by Gasteiger charge is 2.17. The predicted molar refractivity (Wildman–Crippen MR) is 133 cm³/mol. The lowest BCUT2D eigenvalue weighted by Crippen LogP contribution is -2.15. The molecular weight excluding hydrogens is 448 g/mol. The van der Waals surface area contributed by atoms with Crippen LogP contribution in [0.1, 0.15) is 28.7 Å². The average Bonchev–Trinajstić information content (AvgIpc) is 3.25. The molecule has 0 aliphatic heterocycles. The maximum absolute atomic E-state index is 12.6. The number of aromatic nitrogens is 3. The minimum atomic E-state index is -0.203. The van der Waals surface area contributed by atoms with Crippen molar-refractivity contribution in [1.29, 1.82) is 0 Å². The fraction of sp³-hybridized carbons (Fsp3) is 0.154. The number of thioether (sulfide) groups is 1. The minimum absolute atomic E-state index is 0.0538. The molecule has 3 aromatic carbocycles. The van der Waals surface area contributed by atoms with Gasteiger partial charge in [0.15, 0.2) is 16.8 Å². The molecule has 1 aromatic heterocycles. The lowest BCUT2D eigenvalue weighted by molar-refractivity contribution is -0.113. The number of ether oxygens (including phenoxy) is 1. The predicted octanol–water partition coefficient (Wildman–Crippen LogP) is 5.09. The van der Waals surface area contributed by atoms with Crippen molar-refractivity contribution in [3.8, 4) is 11.4 Å². The summed E-state index contributed by atoms with van der Waals surface area (Å²) in [6.45, 7) is 3.75. The molecule has 172 valence electrons. The van der Waals surface area contributed by atoms with Crippen molar-refractivity contribution in [2.24, 2.45) is 0 Å². The molecule has 0 unspecified atom stereocenters. The van der Waals surface area contributed by atoms with Crippen LogP contribution < -0.4 is 10.1 Å². The van der Waals surface area contributed by atoms with E-state index in [9.17, 15) is 9.59 Å². The van der Waals surface area contributed by atoms with E-state index in [1.54, 1.807) is 24.3 Å². The molecule has 7 nitrogen and oxygen atoms in total. The Morgan fingerprint density at radius 2 is 1.74 bits per heavy atom. The van der Waals surface area contributed by atoms with Crippen molar-refractivity contribution in [2.75, 3.05) is 11.1 Å². The number of anilines is 1. The van der Waals surface area contributed by atoms with Crippen LogP contribution >= 0.6 is 11.8 Å². The number of para-hydroxylation sites is 1. The molecule has 0 radical (unpaired) electrons. The number of nitrogens with zero attached hydrogens (tertiary/aromatic N) is 3. The third-order valence-corrected chi connectivity index (χ3v) is 5.92. The largest absolute Gasteiger partial charge is 0.486 e. The van der Waals surface area contributed by atoms with Crippen LogP contribution in [0.5, 0.6) is 5.75 Å². The Morgan fingerprint density at radius 3 is 2.47 bits per heavy atom. The molecule has 1 N–H and O–H groups in total. The Morgan fingerprint density at radius 1 is 0.971 bits per heavy atom. The first kappa shape index (κ1) is 23.3. The van der Waals surface area contributed by atoms with Gasteiger partial charge in [0.1, 0.15) is 12.4 Å². The molecular formula is C26H24N4O3S. The first-order chi connectivity index (χ1) is 16.5. The van der Waals surface area contributed by atoms with Crippen LogP contribution in [0.25, 0.3) is 5.69 Å². The number of carbonyl (C=O) groups is 2. The van der Waals surface area contributed by atoms with Gasteiger partial charge in [0.2, 0.25) is 5.91 Å². The number of rotatable bonds is 9. The Hall–Kier alpha value is -3.91. The number of carbonyl (C=O) groups excluding carboxylic acids is 2. The molecule has 4 rings (SSSR count). The van der Waals surface area contributed by atoms with Gasteiger partial charge in [-0.15, -0.1) is 10.2 Å². The van der Waals surface area contributed by atoms with Gasteiger partial charge < -0.3 is 10.1 Å². The van der Waals surface area contributed by atoms with Crippen LogP contribution in [-0.4, -0.2) is 32.2 Å². The highest BCUT2D eigenvalue weighted by Crippen LogP contribution is 2.24. The van der Waals surface area contributed by atoms with Crippen molar-refractivity contribution in [3.63, 3.8) is 0 Å². The Labute approximate surface area is 202 Å². The molecule has 0 saturated heterocycles. The zero-order valence-corrected chi connectivity index (χ0v) is 19.7. The second kappa shape index (κ2) is 10.8. The smallest absolute Gasteiger partial charge is 0.234 e. The lowest BCUT2D eigenvalue weighted by Gasteiger charge is -2.12. The summed E-state index contributed by atoms with van der Waals surface area (Å²) in [6.07, 6.45) is 0. The maximum atomic E-state index is 12.6. The Kier molecular flexibility index (Phi) is 7.39. The zero-order valence-electron chi connectivity index (χ0n) is 18.9. The number of benzene rings is 3. The van der Waals surface area contributed by atoms with Crippen LogP contribution in [0.3, 0.4) is 0 Å². The SMILES string of the molecule is CC(=O)c1cccc(NC(=O)CSc2nnc(COc3ccccc3)n2-c2ccc(C)cc2)c1. The first-order valence-electron chi connectivity index (χ1n) is 10.7. The van der Waals surface area contributed by atoms with Gasteiger partial charge in [0, 0.05) is 16.9 Å². The van der Waals surface area contributed by atoms with Gasteiger partial charge in [-0.05, 0) is 50.2 Å². The van der Waals surface area contributed by atoms with E-state index in [1.165, 1.54) is 18.7 Å². The summed E-state index contributed by atoms with van der Waals surface area (Å²) in [5.74, 6) is 1.24. The minimum Gasteiger partial charge on any atom is -0.486 e. The van der Waals surface area contributed by atoms with Crippen LogP contribution in [0.4, 0.5) is 5.69 Å². The molecule has 0 bridgehead atoms. The van der Waals surface area contributed by atoms with Crippen LogP contribution in [-0.2, 0) is 11.4 Å². The molecule has 0 aliphatic rings. The summed E-state index contributed by atoms with van der Waals surface area (Å²) in [7, 11) is 0. The van der Waals surface area contributed by atoms with Crippen molar-refractivity contribution in [1.82, 2.24) is 14.8 Å². The highest BCUT2D eigenvalue weighted by molar-refractivity contribution is 7.99. The third kappa shape index (κ3) is 5.90.